The fourth-order valence-corrected chi connectivity index (χ4v) is 1.45. The molecular weight excluding hydrogens is 310 g/mol. The number of hydrogen-bond acceptors (Lipinski definition) is 5. The molecule has 0 aliphatic carbocycles. The standard InChI is InChI=1S/C10H8F6N2O3/c1-20-8(19)6-7(21-10(14,15)16)4(2-17)5(3-18-6)9(11,12)13/h3H,2,17H2,1H3. The minimum absolute atomic E-state index is 0.192. The average molecular weight is 318 g/mol. The number of rotatable bonds is 3. The zero-order valence-electron chi connectivity index (χ0n) is 10.3. The van der Waals surface area contributed by atoms with Crippen molar-refractivity contribution in [3.8, 4) is 5.75 Å². The zero-order valence-corrected chi connectivity index (χ0v) is 10.3. The number of pyridine rings is 1. The summed E-state index contributed by atoms with van der Waals surface area (Å²) in [6.07, 6.45) is -10.2. The topological polar surface area (TPSA) is 74.4 Å². The quantitative estimate of drug-likeness (QED) is 0.683. The van der Waals surface area contributed by atoms with E-state index in [9.17, 15) is 31.1 Å². The highest BCUT2D eigenvalue weighted by Crippen LogP contribution is 2.38. The van der Waals surface area contributed by atoms with Crippen molar-refractivity contribution in [2.45, 2.75) is 19.1 Å². The molecule has 0 unspecified atom stereocenters. The van der Waals surface area contributed by atoms with E-state index in [4.69, 9.17) is 5.73 Å². The van der Waals surface area contributed by atoms with Crippen LogP contribution in [-0.2, 0) is 17.5 Å². The second-order valence-electron chi connectivity index (χ2n) is 3.57. The molecule has 0 spiro atoms. The Morgan fingerprint density at radius 1 is 1.29 bits per heavy atom. The number of aromatic nitrogens is 1. The molecule has 5 nitrogen and oxygen atoms in total. The predicted molar refractivity (Wildman–Crippen MR) is 55.2 cm³/mol. The van der Waals surface area contributed by atoms with E-state index in [1.165, 1.54) is 0 Å². The summed E-state index contributed by atoms with van der Waals surface area (Å²) >= 11 is 0. The van der Waals surface area contributed by atoms with Crippen LogP contribution in [-0.4, -0.2) is 24.4 Å². The highest BCUT2D eigenvalue weighted by atomic mass is 19.4. The molecule has 0 fully saturated rings. The van der Waals surface area contributed by atoms with E-state index in [-0.39, 0.29) is 6.20 Å². The Labute approximate surface area is 113 Å². The molecule has 0 saturated heterocycles. The molecule has 11 heteroatoms. The Bertz CT molecular complexity index is 541. The highest BCUT2D eigenvalue weighted by molar-refractivity contribution is 5.90. The van der Waals surface area contributed by atoms with Crippen LogP contribution < -0.4 is 10.5 Å². The second kappa shape index (κ2) is 5.76. The smallest absolute Gasteiger partial charge is 0.464 e. The molecular formula is C10H8F6N2O3. The number of ether oxygens (including phenoxy) is 2. The van der Waals surface area contributed by atoms with Crippen LogP contribution in [0.1, 0.15) is 21.6 Å². The third-order valence-electron chi connectivity index (χ3n) is 2.24. The molecule has 1 rings (SSSR count). The van der Waals surface area contributed by atoms with E-state index in [1.807, 2.05) is 0 Å². The van der Waals surface area contributed by atoms with Gasteiger partial charge in [0.15, 0.2) is 11.4 Å². The Morgan fingerprint density at radius 3 is 2.24 bits per heavy atom. The van der Waals surface area contributed by atoms with Gasteiger partial charge in [-0.3, -0.25) is 0 Å². The minimum Gasteiger partial charge on any atom is -0.464 e. The fraction of sp³-hybridized carbons (Fsp3) is 0.400. The summed E-state index contributed by atoms with van der Waals surface area (Å²) in [5.41, 5.74) is 1.42. The lowest BCUT2D eigenvalue weighted by Gasteiger charge is -2.18. The summed E-state index contributed by atoms with van der Waals surface area (Å²) in [7, 11) is 0.821. The van der Waals surface area contributed by atoms with Crippen molar-refractivity contribution in [2.75, 3.05) is 7.11 Å². The van der Waals surface area contributed by atoms with Crippen molar-refractivity contribution >= 4 is 5.97 Å². The number of hydrogen-bond donors (Lipinski definition) is 1. The lowest BCUT2D eigenvalue weighted by molar-refractivity contribution is -0.275. The van der Waals surface area contributed by atoms with Gasteiger partial charge in [0, 0.05) is 18.3 Å². The molecule has 0 aromatic carbocycles. The number of carbonyl (C=O) groups is 1. The van der Waals surface area contributed by atoms with Gasteiger partial charge in [0.25, 0.3) is 0 Å². The van der Waals surface area contributed by atoms with E-state index >= 15 is 0 Å². The van der Waals surface area contributed by atoms with Crippen molar-refractivity contribution < 1.29 is 40.6 Å². The van der Waals surface area contributed by atoms with Gasteiger partial charge >= 0.3 is 18.5 Å². The van der Waals surface area contributed by atoms with Gasteiger partial charge in [-0.15, -0.1) is 13.2 Å². The molecule has 0 bridgehead atoms. The maximum Gasteiger partial charge on any atom is 0.573 e. The maximum absolute atomic E-state index is 12.7. The summed E-state index contributed by atoms with van der Waals surface area (Å²) in [6, 6.07) is 0. The molecule has 0 aliphatic rings. The molecule has 0 amide bonds. The van der Waals surface area contributed by atoms with Crippen LogP contribution in [0.2, 0.25) is 0 Å². The number of halogens is 6. The SMILES string of the molecule is COC(=O)c1ncc(C(F)(F)F)c(CN)c1OC(F)(F)F. The summed E-state index contributed by atoms with van der Waals surface area (Å²) in [4.78, 5) is 14.3. The molecule has 0 aliphatic heterocycles. The van der Waals surface area contributed by atoms with E-state index in [2.05, 4.69) is 14.5 Å². The first-order chi connectivity index (χ1) is 9.51. The van der Waals surface area contributed by atoms with Crippen molar-refractivity contribution in [1.29, 1.82) is 0 Å². The highest BCUT2D eigenvalue weighted by Gasteiger charge is 2.40. The molecule has 21 heavy (non-hydrogen) atoms. The van der Waals surface area contributed by atoms with Gasteiger partial charge in [0.1, 0.15) is 0 Å². The molecule has 0 saturated carbocycles. The number of nitrogens with zero attached hydrogens (tertiary/aromatic N) is 1. The Balaban J connectivity index is 3.60. The monoisotopic (exact) mass is 318 g/mol. The summed E-state index contributed by atoms with van der Waals surface area (Å²) in [5, 5.41) is 0. The van der Waals surface area contributed by atoms with Gasteiger partial charge in [-0.25, -0.2) is 9.78 Å². The molecule has 1 heterocycles. The lowest BCUT2D eigenvalue weighted by Crippen LogP contribution is -2.24. The molecule has 1 aromatic heterocycles. The number of alkyl halides is 6. The zero-order chi connectivity index (χ0) is 16.4. The van der Waals surface area contributed by atoms with Gasteiger partial charge in [0.05, 0.1) is 12.7 Å². The molecule has 2 N–H and O–H groups in total. The van der Waals surface area contributed by atoms with Crippen LogP contribution in [0, 0.1) is 0 Å². The summed E-state index contributed by atoms with van der Waals surface area (Å²) in [6.45, 7) is -0.952. The summed E-state index contributed by atoms with van der Waals surface area (Å²) < 4.78 is 82.7. The first-order valence-electron chi connectivity index (χ1n) is 5.14. The van der Waals surface area contributed by atoms with E-state index < -0.39 is 47.6 Å². The first kappa shape index (κ1) is 17.0. The van der Waals surface area contributed by atoms with Crippen LogP contribution in [0.25, 0.3) is 0 Å². The van der Waals surface area contributed by atoms with Crippen LogP contribution in [0.15, 0.2) is 6.20 Å². The van der Waals surface area contributed by atoms with Crippen LogP contribution in [0.5, 0.6) is 5.75 Å². The number of methoxy groups -OCH3 is 1. The van der Waals surface area contributed by atoms with E-state index in [0.29, 0.717) is 0 Å². The van der Waals surface area contributed by atoms with Gasteiger partial charge < -0.3 is 15.2 Å². The number of nitrogens with two attached hydrogens (primary N) is 1. The summed E-state index contributed by atoms with van der Waals surface area (Å²) in [5.74, 6) is -2.82. The van der Waals surface area contributed by atoms with Gasteiger partial charge in [-0.2, -0.15) is 13.2 Å². The Hall–Kier alpha value is -2.04. The van der Waals surface area contributed by atoms with Crippen LogP contribution in [0.4, 0.5) is 26.3 Å². The maximum atomic E-state index is 12.7. The van der Waals surface area contributed by atoms with E-state index in [0.717, 1.165) is 7.11 Å². The van der Waals surface area contributed by atoms with Gasteiger partial charge in [-0.1, -0.05) is 0 Å². The minimum atomic E-state index is -5.33. The van der Waals surface area contributed by atoms with E-state index in [1.54, 1.807) is 0 Å². The van der Waals surface area contributed by atoms with Crippen LogP contribution >= 0.6 is 0 Å². The third kappa shape index (κ3) is 3.97. The van der Waals surface area contributed by atoms with Crippen LogP contribution in [0.3, 0.4) is 0 Å². The fourth-order valence-electron chi connectivity index (χ4n) is 1.45. The van der Waals surface area contributed by atoms with Crippen molar-refractivity contribution in [3.05, 3.63) is 23.0 Å². The largest absolute Gasteiger partial charge is 0.573 e. The van der Waals surface area contributed by atoms with Gasteiger partial charge in [-0.05, 0) is 0 Å². The molecule has 0 atom stereocenters. The third-order valence-corrected chi connectivity index (χ3v) is 2.24. The van der Waals surface area contributed by atoms with Crippen molar-refractivity contribution in [1.82, 2.24) is 4.98 Å². The number of esters is 1. The lowest BCUT2D eigenvalue weighted by atomic mass is 10.1. The van der Waals surface area contributed by atoms with Crippen molar-refractivity contribution in [2.24, 2.45) is 5.73 Å². The normalized spacial score (nSPS) is 12.2. The van der Waals surface area contributed by atoms with Crippen molar-refractivity contribution in [3.63, 3.8) is 0 Å². The predicted octanol–water partition coefficient (Wildman–Crippen LogP) is 2.24. The Kier molecular flexibility index (Phi) is 4.66. The molecule has 118 valence electrons. The first-order valence-corrected chi connectivity index (χ1v) is 5.14. The average Bonchev–Trinajstić information content (AvgIpc) is 2.34. The molecule has 1 aromatic rings. The van der Waals surface area contributed by atoms with Gasteiger partial charge in [0.2, 0.25) is 0 Å². The molecule has 0 radical (unpaired) electrons. The number of carbonyl (C=O) groups excluding carboxylic acids is 1. The second-order valence-corrected chi connectivity index (χ2v) is 3.57. The Morgan fingerprint density at radius 2 is 1.86 bits per heavy atom.